The summed E-state index contributed by atoms with van der Waals surface area (Å²) < 4.78 is 13.2. The van der Waals surface area contributed by atoms with Gasteiger partial charge >= 0.3 is 0 Å². The minimum Gasteiger partial charge on any atom is -0.380 e. The normalized spacial score (nSPS) is 32.2. The quantitative estimate of drug-likeness (QED) is 0.922. The molecule has 2 aromatic rings. The molecule has 2 bridgehead atoms. The van der Waals surface area contributed by atoms with Crippen molar-refractivity contribution < 1.29 is 14.3 Å². The average Bonchev–Trinajstić information content (AvgIpc) is 2.78. The van der Waals surface area contributed by atoms with Crippen LogP contribution in [0.1, 0.15) is 24.8 Å². The van der Waals surface area contributed by atoms with Crippen LogP contribution in [0.4, 0.5) is 10.1 Å². The Balaban J connectivity index is 1.72. The zero-order valence-corrected chi connectivity index (χ0v) is 13.5. The summed E-state index contributed by atoms with van der Waals surface area (Å²) in [4.78, 5) is 14.8. The van der Waals surface area contributed by atoms with E-state index in [1.165, 1.54) is 12.1 Å². The van der Waals surface area contributed by atoms with E-state index in [4.69, 9.17) is 0 Å². The first kappa shape index (κ1) is 15.3. The minimum atomic E-state index is -1.35. The van der Waals surface area contributed by atoms with E-state index < -0.39 is 5.60 Å². The molecule has 4 rings (SSSR count). The van der Waals surface area contributed by atoms with Gasteiger partial charge in [-0.3, -0.25) is 4.79 Å². The fraction of sp³-hybridized carbons (Fsp3) is 0.350. The van der Waals surface area contributed by atoms with E-state index in [0.717, 1.165) is 11.3 Å². The second-order valence-corrected chi connectivity index (χ2v) is 6.95. The number of carbonyl (C=O) groups excluding carboxylic acids is 1. The van der Waals surface area contributed by atoms with Crippen molar-refractivity contribution in [3.63, 3.8) is 0 Å². The summed E-state index contributed by atoms with van der Waals surface area (Å²) in [6.45, 7) is 2.25. The van der Waals surface area contributed by atoms with Gasteiger partial charge in [0.05, 0.1) is 12.6 Å². The maximum atomic E-state index is 13.2. The summed E-state index contributed by atoms with van der Waals surface area (Å²) in [5.41, 5.74) is 0.589. The molecule has 2 fully saturated rings. The second kappa shape index (κ2) is 5.42. The molecular formula is C20H20FNO2. The lowest BCUT2D eigenvalue weighted by Crippen LogP contribution is -2.51. The fourth-order valence-electron chi connectivity index (χ4n) is 4.28. The third-order valence-electron chi connectivity index (χ3n) is 5.74. The van der Waals surface area contributed by atoms with Gasteiger partial charge in [0.2, 0.25) is 0 Å². The molecule has 1 saturated carbocycles. The molecule has 2 aromatic carbocycles. The van der Waals surface area contributed by atoms with Gasteiger partial charge in [0.15, 0.2) is 5.78 Å². The summed E-state index contributed by atoms with van der Waals surface area (Å²) in [6.07, 6.45) is 0.642. The van der Waals surface area contributed by atoms with E-state index in [9.17, 15) is 14.3 Å². The van der Waals surface area contributed by atoms with E-state index >= 15 is 0 Å². The van der Waals surface area contributed by atoms with Gasteiger partial charge in [-0.2, -0.15) is 0 Å². The number of β-amino-alcohol motifs (C(OH)–C–C–N with tert-alkyl or cyclic N) is 1. The van der Waals surface area contributed by atoms with Crippen LogP contribution in [0, 0.1) is 11.7 Å². The van der Waals surface area contributed by atoms with Crippen LogP contribution in [-0.2, 0) is 4.79 Å². The molecule has 1 heterocycles. The van der Waals surface area contributed by atoms with Crippen molar-refractivity contribution in [3.8, 4) is 0 Å². The number of halogens is 1. The number of ketones is 1. The standard InChI is InChI=1S/C20H20FNO2/c1-13-17(14-7-9-15(21)10-8-14)11-18-19(23)20(13,24)12-22(18)16-5-3-2-4-6-16/h2-10,13,17-18,24H,11-12H2,1H3/t13-,17-,18+,20+/m1/s1. The molecule has 0 amide bonds. The van der Waals surface area contributed by atoms with Crippen molar-refractivity contribution in [3.05, 3.63) is 66.0 Å². The van der Waals surface area contributed by atoms with Crippen LogP contribution in [0.15, 0.2) is 54.6 Å². The molecule has 1 N–H and O–H groups in total. The lowest BCUT2D eigenvalue weighted by Gasteiger charge is -2.38. The average molecular weight is 325 g/mol. The first-order valence-electron chi connectivity index (χ1n) is 8.34. The van der Waals surface area contributed by atoms with Crippen LogP contribution in [0.25, 0.3) is 0 Å². The van der Waals surface area contributed by atoms with E-state index in [0.29, 0.717) is 13.0 Å². The third-order valence-corrected chi connectivity index (χ3v) is 5.74. The number of anilines is 1. The van der Waals surface area contributed by atoms with Gasteiger partial charge in [0, 0.05) is 11.6 Å². The number of hydrogen-bond donors (Lipinski definition) is 1. The van der Waals surface area contributed by atoms with Crippen LogP contribution in [0.2, 0.25) is 0 Å². The Morgan fingerprint density at radius 1 is 1.12 bits per heavy atom. The highest BCUT2D eigenvalue weighted by Crippen LogP contribution is 2.48. The summed E-state index contributed by atoms with van der Waals surface area (Å²) in [5, 5.41) is 11.1. The summed E-state index contributed by atoms with van der Waals surface area (Å²) in [5.74, 6) is -0.532. The molecule has 0 spiro atoms. The molecule has 1 saturated heterocycles. The first-order chi connectivity index (χ1) is 11.5. The first-order valence-corrected chi connectivity index (χ1v) is 8.34. The minimum absolute atomic E-state index is 0.0343. The van der Waals surface area contributed by atoms with Gasteiger partial charge < -0.3 is 10.0 Å². The number of hydrogen-bond acceptors (Lipinski definition) is 3. The number of carbonyl (C=O) groups is 1. The Morgan fingerprint density at radius 3 is 2.46 bits per heavy atom. The monoisotopic (exact) mass is 325 g/mol. The Labute approximate surface area is 140 Å². The molecule has 1 aliphatic heterocycles. The lowest BCUT2D eigenvalue weighted by molar-refractivity contribution is -0.142. The maximum absolute atomic E-state index is 13.2. The molecule has 0 radical (unpaired) electrons. The van der Waals surface area contributed by atoms with Crippen LogP contribution in [0.3, 0.4) is 0 Å². The molecule has 24 heavy (non-hydrogen) atoms. The smallest absolute Gasteiger partial charge is 0.188 e. The molecule has 0 unspecified atom stereocenters. The van der Waals surface area contributed by atoms with E-state index in [1.807, 2.05) is 42.2 Å². The Hall–Kier alpha value is -2.20. The molecule has 1 aliphatic carbocycles. The summed E-state index contributed by atoms with van der Waals surface area (Å²) in [7, 11) is 0. The van der Waals surface area contributed by atoms with Crippen molar-refractivity contribution >= 4 is 11.5 Å². The highest BCUT2D eigenvalue weighted by Gasteiger charge is 2.60. The Morgan fingerprint density at radius 2 is 1.79 bits per heavy atom. The van der Waals surface area contributed by atoms with Crippen LogP contribution in [0.5, 0.6) is 0 Å². The van der Waals surface area contributed by atoms with E-state index in [2.05, 4.69) is 0 Å². The topological polar surface area (TPSA) is 40.5 Å². The van der Waals surface area contributed by atoms with Gasteiger partial charge in [-0.25, -0.2) is 4.39 Å². The number of para-hydroxylation sites is 1. The fourth-order valence-corrected chi connectivity index (χ4v) is 4.28. The Kier molecular flexibility index (Phi) is 3.46. The van der Waals surface area contributed by atoms with Gasteiger partial charge in [0.1, 0.15) is 11.4 Å². The van der Waals surface area contributed by atoms with Gasteiger partial charge in [0.25, 0.3) is 0 Å². The second-order valence-electron chi connectivity index (χ2n) is 6.95. The van der Waals surface area contributed by atoms with Gasteiger partial charge in [-0.1, -0.05) is 37.3 Å². The molecular weight excluding hydrogens is 305 g/mol. The highest BCUT2D eigenvalue weighted by molar-refractivity contribution is 5.99. The SMILES string of the molecule is C[C@@H]1[C@H](c2ccc(F)cc2)C[C@H]2C(=O)[C@]1(O)CN2c1ccccc1. The van der Waals surface area contributed by atoms with Gasteiger partial charge in [-0.15, -0.1) is 0 Å². The molecule has 4 atom stereocenters. The predicted molar refractivity (Wildman–Crippen MR) is 90.5 cm³/mol. The lowest BCUT2D eigenvalue weighted by atomic mass is 9.67. The van der Waals surface area contributed by atoms with Crippen molar-refractivity contribution in [1.29, 1.82) is 0 Å². The van der Waals surface area contributed by atoms with Crippen LogP contribution >= 0.6 is 0 Å². The number of aliphatic hydroxyl groups is 1. The van der Waals surface area contributed by atoms with Crippen molar-refractivity contribution in [2.75, 3.05) is 11.4 Å². The number of nitrogens with zero attached hydrogens (tertiary/aromatic N) is 1. The molecule has 2 aliphatic rings. The maximum Gasteiger partial charge on any atom is 0.188 e. The van der Waals surface area contributed by atoms with Crippen molar-refractivity contribution in [2.24, 2.45) is 5.92 Å². The van der Waals surface area contributed by atoms with Crippen molar-refractivity contribution in [1.82, 2.24) is 0 Å². The van der Waals surface area contributed by atoms with Gasteiger partial charge in [-0.05, 0) is 42.2 Å². The van der Waals surface area contributed by atoms with Crippen LogP contribution < -0.4 is 4.90 Å². The van der Waals surface area contributed by atoms with Crippen molar-refractivity contribution in [2.45, 2.75) is 30.9 Å². The Bertz CT molecular complexity index is 761. The van der Waals surface area contributed by atoms with E-state index in [-0.39, 0.29) is 29.5 Å². The molecule has 124 valence electrons. The molecule has 3 nitrogen and oxygen atoms in total. The zero-order valence-electron chi connectivity index (χ0n) is 13.5. The predicted octanol–water partition coefficient (Wildman–Crippen LogP) is 3.14. The molecule has 4 heteroatoms. The number of benzene rings is 2. The number of fused-ring (bicyclic) bond motifs is 2. The third kappa shape index (κ3) is 2.17. The van der Waals surface area contributed by atoms with E-state index in [1.54, 1.807) is 12.1 Å². The highest BCUT2D eigenvalue weighted by atomic mass is 19.1. The summed E-state index contributed by atoms with van der Waals surface area (Å²) in [6, 6.07) is 15.8. The summed E-state index contributed by atoms with van der Waals surface area (Å²) >= 11 is 0. The van der Waals surface area contributed by atoms with Crippen LogP contribution in [-0.4, -0.2) is 29.1 Å². The largest absolute Gasteiger partial charge is 0.380 e. The number of rotatable bonds is 2. The zero-order chi connectivity index (χ0) is 16.9. The number of Topliss-reactive ketones (excluding diaryl/α,β-unsaturated/α-hetero) is 1. The molecule has 0 aromatic heterocycles.